The van der Waals surface area contributed by atoms with Gasteiger partial charge in [-0.1, -0.05) is 13.3 Å². The minimum atomic E-state index is -3.99. The predicted octanol–water partition coefficient (Wildman–Crippen LogP) is -0.161. The van der Waals surface area contributed by atoms with Crippen molar-refractivity contribution in [3.8, 4) is 0 Å². The SMILES string of the molecule is CCCC(NCCN)P(=O)(O)O. The van der Waals surface area contributed by atoms with Gasteiger partial charge in [-0.05, 0) is 6.42 Å². The van der Waals surface area contributed by atoms with Gasteiger partial charge in [0.1, 0.15) is 5.78 Å². The molecule has 0 rings (SSSR count). The number of nitrogens with two attached hydrogens (primary N) is 1. The molecule has 0 amide bonds. The second-order valence-corrected chi connectivity index (χ2v) is 4.44. The molecule has 0 heterocycles. The summed E-state index contributed by atoms with van der Waals surface area (Å²) < 4.78 is 10.8. The topological polar surface area (TPSA) is 95.6 Å². The van der Waals surface area contributed by atoms with Gasteiger partial charge in [0, 0.05) is 13.1 Å². The van der Waals surface area contributed by atoms with Gasteiger partial charge in [-0.2, -0.15) is 0 Å². The van der Waals surface area contributed by atoms with Gasteiger partial charge in [-0.3, -0.25) is 4.57 Å². The molecule has 0 aromatic carbocycles. The molecular weight excluding hydrogens is 179 g/mol. The lowest BCUT2D eigenvalue weighted by atomic mass is 10.3. The van der Waals surface area contributed by atoms with E-state index >= 15 is 0 Å². The maximum Gasteiger partial charge on any atom is 0.342 e. The van der Waals surface area contributed by atoms with Crippen LogP contribution in [0.25, 0.3) is 0 Å². The zero-order valence-electron chi connectivity index (χ0n) is 7.23. The van der Waals surface area contributed by atoms with Crippen LogP contribution in [-0.4, -0.2) is 28.7 Å². The molecule has 1 unspecified atom stereocenters. The van der Waals surface area contributed by atoms with Crippen LogP contribution < -0.4 is 11.1 Å². The van der Waals surface area contributed by atoms with Crippen molar-refractivity contribution in [1.82, 2.24) is 5.32 Å². The highest BCUT2D eigenvalue weighted by Gasteiger charge is 2.26. The molecule has 74 valence electrons. The van der Waals surface area contributed by atoms with Crippen LogP contribution in [0.4, 0.5) is 0 Å². The Balaban J connectivity index is 3.95. The molecule has 0 bridgehead atoms. The van der Waals surface area contributed by atoms with Gasteiger partial charge < -0.3 is 20.8 Å². The second-order valence-electron chi connectivity index (χ2n) is 2.64. The van der Waals surface area contributed by atoms with E-state index in [0.717, 1.165) is 6.42 Å². The van der Waals surface area contributed by atoms with Crippen LogP contribution in [0.15, 0.2) is 0 Å². The number of nitrogens with one attached hydrogen (secondary N) is 1. The lowest BCUT2D eigenvalue weighted by Gasteiger charge is -2.18. The van der Waals surface area contributed by atoms with Crippen molar-refractivity contribution in [2.45, 2.75) is 25.5 Å². The Morgan fingerprint density at radius 1 is 1.58 bits per heavy atom. The average Bonchev–Trinajstić information content (AvgIpc) is 1.95. The lowest BCUT2D eigenvalue weighted by Crippen LogP contribution is -2.33. The van der Waals surface area contributed by atoms with E-state index in [4.69, 9.17) is 15.5 Å². The first-order chi connectivity index (χ1) is 5.52. The molecular formula is C6H17N2O3P. The first-order valence-corrected chi connectivity index (χ1v) is 5.69. The summed E-state index contributed by atoms with van der Waals surface area (Å²) in [6.07, 6.45) is 1.22. The third-order valence-electron chi connectivity index (χ3n) is 1.49. The smallest absolute Gasteiger partial charge is 0.329 e. The van der Waals surface area contributed by atoms with Gasteiger partial charge in [0.25, 0.3) is 0 Å². The zero-order valence-corrected chi connectivity index (χ0v) is 8.13. The predicted molar refractivity (Wildman–Crippen MR) is 47.8 cm³/mol. The summed E-state index contributed by atoms with van der Waals surface area (Å²) in [6.45, 7) is 2.71. The summed E-state index contributed by atoms with van der Waals surface area (Å²) in [5, 5.41) is 2.72. The van der Waals surface area contributed by atoms with Crippen LogP contribution >= 0.6 is 7.60 Å². The van der Waals surface area contributed by atoms with Crippen molar-refractivity contribution in [1.29, 1.82) is 0 Å². The highest BCUT2D eigenvalue weighted by Crippen LogP contribution is 2.41. The van der Waals surface area contributed by atoms with E-state index in [0.29, 0.717) is 19.5 Å². The summed E-state index contributed by atoms with van der Waals surface area (Å²) in [5.74, 6) is -0.731. The highest BCUT2D eigenvalue weighted by atomic mass is 31.2. The van der Waals surface area contributed by atoms with Crippen molar-refractivity contribution < 1.29 is 14.4 Å². The summed E-state index contributed by atoms with van der Waals surface area (Å²) in [5.41, 5.74) is 5.20. The van der Waals surface area contributed by atoms with Crippen molar-refractivity contribution >= 4 is 7.60 Å². The van der Waals surface area contributed by atoms with Crippen LogP contribution in [0.5, 0.6) is 0 Å². The Morgan fingerprint density at radius 2 is 2.17 bits per heavy atom. The maximum atomic E-state index is 10.8. The average molecular weight is 196 g/mol. The molecule has 0 radical (unpaired) electrons. The van der Waals surface area contributed by atoms with E-state index in [9.17, 15) is 4.57 Å². The van der Waals surface area contributed by atoms with Crippen LogP contribution in [0, 0.1) is 0 Å². The zero-order chi connectivity index (χ0) is 9.61. The fourth-order valence-electron chi connectivity index (χ4n) is 0.913. The lowest BCUT2D eigenvalue weighted by molar-refractivity contribution is 0.341. The Hall–Kier alpha value is 0.0700. The van der Waals surface area contributed by atoms with Gasteiger partial charge >= 0.3 is 7.60 Å². The van der Waals surface area contributed by atoms with Gasteiger partial charge in [-0.15, -0.1) is 0 Å². The first kappa shape index (κ1) is 12.1. The molecule has 0 aromatic rings. The minimum Gasteiger partial charge on any atom is -0.329 e. The van der Waals surface area contributed by atoms with Crippen molar-refractivity contribution in [2.24, 2.45) is 5.73 Å². The molecule has 0 aliphatic carbocycles. The molecule has 12 heavy (non-hydrogen) atoms. The fraction of sp³-hybridized carbons (Fsp3) is 1.00. The third-order valence-corrected chi connectivity index (χ3v) is 2.75. The standard InChI is InChI=1S/C6H17N2O3P/c1-2-3-6(8-5-4-7)12(9,10)11/h6,8H,2-5,7H2,1H3,(H2,9,10,11). The van der Waals surface area contributed by atoms with E-state index in [2.05, 4.69) is 5.32 Å². The molecule has 0 saturated carbocycles. The van der Waals surface area contributed by atoms with Gasteiger partial charge in [-0.25, -0.2) is 0 Å². The summed E-state index contributed by atoms with van der Waals surface area (Å²) in [4.78, 5) is 17.7. The molecule has 0 aromatic heterocycles. The van der Waals surface area contributed by atoms with Crippen LogP contribution in [0.3, 0.4) is 0 Å². The van der Waals surface area contributed by atoms with Gasteiger partial charge in [0.2, 0.25) is 0 Å². The number of hydrogen-bond acceptors (Lipinski definition) is 3. The maximum absolute atomic E-state index is 10.8. The molecule has 0 fully saturated rings. The van der Waals surface area contributed by atoms with E-state index in [-0.39, 0.29) is 0 Å². The molecule has 5 N–H and O–H groups in total. The second kappa shape index (κ2) is 5.67. The molecule has 5 nitrogen and oxygen atoms in total. The van der Waals surface area contributed by atoms with Crippen molar-refractivity contribution in [3.63, 3.8) is 0 Å². The van der Waals surface area contributed by atoms with Crippen LogP contribution in [0.1, 0.15) is 19.8 Å². The number of hydrogen-bond donors (Lipinski definition) is 4. The normalized spacial score (nSPS) is 14.7. The summed E-state index contributed by atoms with van der Waals surface area (Å²) >= 11 is 0. The van der Waals surface area contributed by atoms with E-state index in [1.165, 1.54) is 0 Å². The van der Waals surface area contributed by atoms with Gasteiger partial charge in [0.05, 0.1) is 0 Å². The molecule has 6 heteroatoms. The highest BCUT2D eigenvalue weighted by molar-refractivity contribution is 7.52. The Bertz CT molecular complexity index is 159. The van der Waals surface area contributed by atoms with E-state index in [1.54, 1.807) is 0 Å². The summed E-state index contributed by atoms with van der Waals surface area (Å²) in [7, 11) is -3.99. The van der Waals surface area contributed by atoms with Crippen molar-refractivity contribution in [3.05, 3.63) is 0 Å². The third kappa shape index (κ3) is 4.85. The molecule has 0 aliphatic heterocycles. The Kier molecular flexibility index (Phi) is 5.70. The fourth-order valence-corrected chi connectivity index (χ4v) is 1.87. The first-order valence-electron chi connectivity index (χ1n) is 4.01. The van der Waals surface area contributed by atoms with Crippen molar-refractivity contribution in [2.75, 3.05) is 13.1 Å². The quantitative estimate of drug-likeness (QED) is 0.443. The minimum absolute atomic E-state index is 0.389. The van der Waals surface area contributed by atoms with Crippen LogP contribution in [-0.2, 0) is 4.57 Å². The number of rotatable bonds is 6. The Morgan fingerprint density at radius 3 is 2.50 bits per heavy atom. The Labute approximate surface area is 72.5 Å². The molecule has 0 aliphatic rings. The molecule has 0 saturated heterocycles. The largest absolute Gasteiger partial charge is 0.342 e. The van der Waals surface area contributed by atoms with Crippen LogP contribution in [0.2, 0.25) is 0 Å². The summed E-state index contributed by atoms with van der Waals surface area (Å²) in [6, 6.07) is 0. The molecule has 1 atom stereocenters. The van der Waals surface area contributed by atoms with Gasteiger partial charge in [0.15, 0.2) is 0 Å². The monoisotopic (exact) mass is 196 g/mol. The molecule has 0 spiro atoms. The van der Waals surface area contributed by atoms with E-state index in [1.807, 2.05) is 6.92 Å². The van der Waals surface area contributed by atoms with E-state index < -0.39 is 13.4 Å².